The maximum absolute atomic E-state index is 13.6. The largest absolute Gasteiger partial charge is 0.379 e. The number of halogens is 3. The molecule has 1 aromatic rings. The Labute approximate surface area is 121 Å². The summed E-state index contributed by atoms with van der Waals surface area (Å²) in [6.07, 6.45) is 0. The van der Waals surface area contributed by atoms with Gasteiger partial charge in [0.1, 0.15) is 5.82 Å². The molecule has 106 valence electrons. The van der Waals surface area contributed by atoms with Crippen LogP contribution in [0.4, 0.5) is 4.39 Å². The van der Waals surface area contributed by atoms with Crippen molar-refractivity contribution in [2.75, 3.05) is 26.3 Å². The molecule has 2 rings (SSSR count). The van der Waals surface area contributed by atoms with Gasteiger partial charge in [0.2, 0.25) is 10.0 Å². The van der Waals surface area contributed by atoms with E-state index in [0.29, 0.717) is 13.2 Å². The van der Waals surface area contributed by atoms with Crippen molar-refractivity contribution in [1.82, 2.24) is 4.31 Å². The van der Waals surface area contributed by atoms with Gasteiger partial charge in [0.25, 0.3) is 0 Å². The predicted octanol–water partition coefficient (Wildman–Crippen LogP) is 2.24. The van der Waals surface area contributed by atoms with E-state index >= 15 is 0 Å². The molecule has 1 aromatic carbocycles. The van der Waals surface area contributed by atoms with Crippen LogP contribution in [0.5, 0.6) is 0 Å². The molecule has 1 aliphatic heterocycles. The van der Waals surface area contributed by atoms with Gasteiger partial charge in [-0.1, -0.05) is 11.6 Å². The van der Waals surface area contributed by atoms with Crippen molar-refractivity contribution in [1.29, 1.82) is 0 Å². The number of hydrogen-bond acceptors (Lipinski definition) is 3. The summed E-state index contributed by atoms with van der Waals surface area (Å²) >= 11 is 11.3. The van der Waals surface area contributed by atoms with Crippen LogP contribution < -0.4 is 0 Å². The fraction of sp³-hybridized carbons (Fsp3) is 0.455. The lowest BCUT2D eigenvalue weighted by Crippen LogP contribution is -2.40. The average Bonchev–Trinajstić information content (AvgIpc) is 2.42. The van der Waals surface area contributed by atoms with E-state index in [4.69, 9.17) is 27.9 Å². The summed E-state index contributed by atoms with van der Waals surface area (Å²) < 4.78 is 44.7. The first kappa shape index (κ1) is 15.0. The van der Waals surface area contributed by atoms with Crippen molar-refractivity contribution in [3.8, 4) is 0 Å². The van der Waals surface area contributed by atoms with Crippen molar-refractivity contribution in [2.24, 2.45) is 0 Å². The number of alkyl halides is 1. The zero-order chi connectivity index (χ0) is 14.0. The van der Waals surface area contributed by atoms with E-state index in [1.54, 1.807) is 0 Å². The highest BCUT2D eigenvalue weighted by Gasteiger charge is 2.27. The Morgan fingerprint density at radius 3 is 2.53 bits per heavy atom. The van der Waals surface area contributed by atoms with Crippen LogP contribution in [0, 0.1) is 5.82 Å². The third kappa shape index (κ3) is 3.03. The first-order valence-electron chi connectivity index (χ1n) is 5.58. The minimum Gasteiger partial charge on any atom is -0.379 e. The van der Waals surface area contributed by atoms with Crippen molar-refractivity contribution >= 4 is 33.2 Å². The normalized spacial score (nSPS) is 17.6. The molecule has 0 spiro atoms. The van der Waals surface area contributed by atoms with Gasteiger partial charge in [-0.3, -0.25) is 0 Å². The van der Waals surface area contributed by atoms with Gasteiger partial charge in [0.05, 0.1) is 23.1 Å². The molecule has 1 saturated heterocycles. The summed E-state index contributed by atoms with van der Waals surface area (Å²) in [6, 6.07) is 2.23. The van der Waals surface area contributed by atoms with Crippen LogP contribution in [0.1, 0.15) is 5.56 Å². The molecule has 1 aliphatic rings. The number of hydrogen-bond donors (Lipinski definition) is 0. The molecule has 4 nitrogen and oxygen atoms in total. The molecule has 1 fully saturated rings. The molecule has 19 heavy (non-hydrogen) atoms. The van der Waals surface area contributed by atoms with Crippen LogP contribution in [-0.2, 0) is 20.6 Å². The monoisotopic (exact) mass is 327 g/mol. The third-order valence-electron chi connectivity index (χ3n) is 2.83. The van der Waals surface area contributed by atoms with Crippen molar-refractivity contribution in [3.05, 3.63) is 28.5 Å². The Bertz CT molecular complexity index is 574. The lowest BCUT2D eigenvalue weighted by molar-refractivity contribution is 0.0730. The highest BCUT2D eigenvalue weighted by molar-refractivity contribution is 7.89. The highest BCUT2D eigenvalue weighted by Crippen LogP contribution is 2.27. The molecule has 0 radical (unpaired) electrons. The highest BCUT2D eigenvalue weighted by atomic mass is 35.5. The number of benzene rings is 1. The maximum atomic E-state index is 13.6. The molecule has 0 amide bonds. The average molecular weight is 328 g/mol. The summed E-state index contributed by atoms with van der Waals surface area (Å²) in [5.41, 5.74) is 0.259. The first-order valence-corrected chi connectivity index (χ1v) is 7.94. The topological polar surface area (TPSA) is 46.6 Å². The fourth-order valence-electron chi connectivity index (χ4n) is 1.80. The summed E-state index contributed by atoms with van der Waals surface area (Å²) in [4.78, 5) is -0.132. The molecule has 8 heteroatoms. The van der Waals surface area contributed by atoms with E-state index in [-0.39, 0.29) is 34.5 Å². The van der Waals surface area contributed by atoms with Gasteiger partial charge in [-0.05, 0) is 17.7 Å². The van der Waals surface area contributed by atoms with Gasteiger partial charge in [0.15, 0.2) is 0 Å². The molecule has 0 unspecified atom stereocenters. The lowest BCUT2D eigenvalue weighted by atomic mass is 10.2. The van der Waals surface area contributed by atoms with Gasteiger partial charge in [0, 0.05) is 19.0 Å². The van der Waals surface area contributed by atoms with Crippen LogP contribution >= 0.6 is 23.2 Å². The minimum atomic E-state index is -3.74. The molecule has 0 saturated carbocycles. The summed E-state index contributed by atoms with van der Waals surface area (Å²) in [6.45, 7) is 1.17. The Hall–Kier alpha value is -0.400. The van der Waals surface area contributed by atoms with Crippen LogP contribution in [0.25, 0.3) is 0 Å². The smallest absolute Gasteiger partial charge is 0.243 e. The molecule has 0 atom stereocenters. The van der Waals surface area contributed by atoms with Gasteiger partial charge in [-0.25, -0.2) is 12.8 Å². The van der Waals surface area contributed by atoms with Gasteiger partial charge >= 0.3 is 0 Å². The molecule has 0 bridgehead atoms. The van der Waals surface area contributed by atoms with Crippen molar-refractivity contribution < 1.29 is 17.5 Å². The second-order valence-electron chi connectivity index (χ2n) is 4.03. The molecular weight excluding hydrogens is 316 g/mol. The van der Waals surface area contributed by atoms with E-state index in [2.05, 4.69) is 0 Å². The zero-order valence-corrected chi connectivity index (χ0v) is 12.2. The predicted molar refractivity (Wildman–Crippen MR) is 70.5 cm³/mol. The molecular formula is C11H12Cl2FNO3S. The number of nitrogens with zero attached hydrogens (tertiary/aromatic N) is 1. The van der Waals surface area contributed by atoms with Gasteiger partial charge in [-0.2, -0.15) is 4.31 Å². The first-order chi connectivity index (χ1) is 8.96. The third-order valence-corrected chi connectivity index (χ3v) is 5.42. The Kier molecular flexibility index (Phi) is 4.68. The van der Waals surface area contributed by atoms with Crippen LogP contribution in [0.3, 0.4) is 0 Å². The van der Waals surface area contributed by atoms with Gasteiger partial charge < -0.3 is 4.74 Å². The standard InChI is InChI=1S/C11H12Cl2FNO3S/c12-7-8-5-9(6-10(14)11(8)13)19(16,17)15-1-3-18-4-2-15/h5-6H,1-4,7H2. The van der Waals surface area contributed by atoms with Crippen molar-refractivity contribution in [3.63, 3.8) is 0 Å². The second kappa shape index (κ2) is 5.93. The summed E-state index contributed by atoms with van der Waals surface area (Å²) in [7, 11) is -3.74. The molecule has 0 aromatic heterocycles. The van der Waals surface area contributed by atoms with Crippen LogP contribution in [0.2, 0.25) is 5.02 Å². The lowest BCUT2D eigenvalue weighted by Gasteiger charge is -2.26. The van der Waals surface area contributed by atoms with E-state index in [1.165, 1.54) is 10.4 Å². The molecule has 0 aliphatic carbocycles. The Morgan fingerprint density at radius 2 is 1.95 bits per heavy atom. The van der Waals surface area contributed by atoms with Gasteiger partial charge in [-0.15, -0.1) is 11.6 Å². The van der Waals surface area contributed by atoms with Crippen LogP contribution in [0.15, 0.2) is 17.0 Å². The molecule has 0 N–H and O–H groups in total. The Morgan fingerprint density at radius 1 is 1.32 bits per heavy atom. The van der Waals surface area contributed by atoms with E-state index < -0.39 is 15.8 Å². The minimum absolute atomic E-state index is 0.0533. The number of rotatable bonds is 3. The number of sulfonamides is 1. The maximum Gasteiger partial charge on any atom is 0.243 e. The second-order valence-corrected chi connectivity index (χ2v) is 6.61. The Balaban J connectivity index is 2.42. The SMILES string of the molecule is O=S(=O)(c1cc(F)c(Cl)c(CCl)c1)N1CCOCC1. The molecule has 1 heterocycles. The number of morpholine rings is 1. The van der Waals surface area contributed by atoms with Crippen molar-refractivity contribution in [2.45, 2.75) is 10.8 Å². The van der Waals surface area contributed by atoms with E-state index in [9.17, 15) is 12.8 Å². The summed E-state index contributed by atoms with van der Waals surface area (Å²) in [5, 5.41) is -0.143. The van der Waals surface area contributed by atoms with E-state index in [0.717, 1.165) is 6.07 Å². The van der Waals surface area contributed by atoms with E-state index in [1.807, 2.05) is 0 Å². The summed E-state index contributed by atoms with van der Waals surface area (Å²) in [5.74, 6) is -0.839. The van der Waals surface area contributed by atoms with Crippen LogP contribution in [-0.4, -0.2) is 39.0 Å². The fourth-order valence-corrected chi connectivity index (χ4v) is 3.73. The number of ether oxygens (including phenoxy) is 1. The quantitative estimate of drug-likeness (QED) is 0.800. The zero-order valence-electron chi connectivity index (χ0n) is 9.90.